The highest BCUT2D eigenvalue weighted by Gasteiger charge is 2.22. The van der Waals surface area contributed by atoms with Crippen molar-refractivity contribution in [2.45, 2.75) is 71.0 Å². The number of esters is 1. The third-order valence-electron chi connectivity index (χ3n) is 5.40. The van der Waals surface area contributed by atoms with Gasteiger partial charge in [0.2, 0.25) is 0 Å². The highest BCUT2D eigenvalue weighted by molar-refractivity contribution is 5.94. The number of rotatable bonds is 3. The second-order valence-corrected chi connectivity index (χ2v) is 7.96. The quantitative estimate of drug-likeness (QED) is 0.689. The summed E-state index contributed by atoms with van der Waals surface area (Å²) >= 11 is 0. The Morgan fingerprint density at radius 2 is 1.73 bits per heavy atom. The minimum absolute atomic E-state index is 0.116. The van der Waals surface area contributed by atoms with Gasteiger partial charge in [-0.15, -0.1) is 0 Å². The van der Waals surface area contributed by atoms with Gasteiger partial charge in [-0.3, -0.25) is 4.79 Å². The van der Waals surface area contributed by atoms with Crippen molar-refractivity contribution >= 4 is 11.8 Å². The first-order valence-electron chi connectivity index (χ1n) is 10.8. The highest BCUT2D eigenvalue weighted by atomic mass is 16.5. The van der Waals surface area contributed by atoms with Crippen LogP contribution >= 0.6 is 0 Å². The summed E-state index contributed by atoms with van der Waals surface area (Å²) in [6, 6.07) is 13.1. The number of cyclic esters (lactones) is 1. The molecule has 0 saturated heterocycles. The standard InChI is InChI=1S/C25H30O5/c1-18-9-8-14-21(26)13-7-3-6-12-20-15-22(16-23(27)24(20)25(28)30-18)29-17-19-10-4-2-5-11-19/h2,4-5,10-11,15-16,18,27H,3,6-9,12-14,17H2,1H3. The van der Waals surface area contributed by atoms with Gasteiger partial charge < -0.3 is 14.6 Å². The normalized spacial score (nSPS) is 18.8. The molecule has 0 bridgehead atoms. The minimum atomic E-state index is -0.520. The molecule has 5 nitrogen and oxygen atoms in total. The molecule has 1 N–H and O–H groups in total. The average Bonchev–Trinajstić information content (AvgIpc) is 2.72. The first kappa shape index (κ1) is 21.9. The molecule has 0 aliphatic carbocycles. The average molecular weight is 411 g/mol. The Morgan fingerprint density at radius 3 is 2.53 bits per heavy atom. The molecule has 2 aromatic rings. The molecule has 5 heteroatoms. The number of phenolic OH excluding ortho intramolecular Hbond substituents is 1. The van der Waals surface area contributed by atoms with E-state index in [2.05, 4.69) is 0 Å². The van der Waals surface area contributed by atoms with Crippen LogP contribution in [0, 0.1) is 0 Å². The monoisotopic (exact) mass is 410 g/mol. The summed E-state index contributed by atoms with van der Waals surface area (Å²) < 4.78 is 11.4. The third-order valence-corrected chi connectivity index (χ3v) is 5.40. The number of benzene rings is 2. The molecule has 1 atom stereocenters. The fourth-order valence-electron chi connectivity index (χ4n) is 3.74. The zero-order valence-electron chi connectivity index (χ0n) is 17.6. The van der Waals surface area contributed by atoms with Gasteiger partial charge in [-0.25, -0.2) is 4.79 Å². The van der Waals surface area contributed by atoms with Crippen LogP contribution in [0.2, 0.25) is 0 Å². The molecule has 1 aliphatic heterocycles. The lowest BCUT2D eigenvalue weighted by Gasteiger charge is -2.18. The van der Waals surface area contributed by atoms with Gasteiger partial charge in [0.1, 0.15) is 29.5 Å². The van der Waals surface area contributed by atoms with Crippen LogP contribution in [0.15, 0.2) is 42.5 Å². The predicted octanol–water partition coefficient (Wildman–Crippen LogP) is 5.37. The first-order valence-corrected chi connectivity index (χ1v) is 10.8. The summed E-state index contributed by atoms with van der Waals surface area (Å²) in [4.78, 5) is 24.7. The van der Waals surface area contributed by atoms with Crippen molar-refractivity contribution in [2.24, 2.45) is 0 Å². The van der Waals surface area contributed by atoms with Gasteiger partial charge in [0.25, 0.3) is 0 Å². The second kappa shape index (κ2) is 10.8. The van der Waals surface area contributed by atoms with Crippen LogP contribution in [0.1, 0.15) is 73.4 Å². The predicted molar refractivity (Wildman–Crippen MR) is 115 cm³/mol. The van der Waals surface area contributed by atoms with E-state index in [1.54, 1.807) is 0 Å². The summed E-state index contributed by atoms with van der Waals surface area (Å²) in [6.45, 7) is 2.20. The van der Waals surface area contributed by atoms with Crippen LogP contribution in [0.5, 0.6) is 11.5 Å². The molecule has 1 aliphatic rings. The van der Waals surface area contributed by atoms with Crippen LogP contribution < -0.4 is 4.74 Å². The summed E-state index contributed by atoms with van der Waals surface area (Å²) in [7, 11) is 0. The van der Waals surface area contributed by atoms with Gasteiger partial charge in [-0.1, -0.05) is 36.8 Å². The SMILES string of the molecule is CC1CCCC(=O)CCCCCc2cc(OCc3ccccc3)cc(O)c2C(=O)O1. The van der Waals surface area contributed by atoms with E-state index >= 15 is 0 Å². The Labute approximate surface area is 178 Å². The topological polar surface area (TPSA) is 72.8 Å². The zero-order valence-corrected chi connectivity index (χ0v) is 17.6. The lowest BCUT2D eigenvalue weighted by molar-refractivity contribution is -0.119. The van der Waals surface area contributed by atoms with E-state index in [4.69, 9.17) is 9.47 Å². The summed E-state index contributed by atoms with van der Waals surface area (Å²) in [5.41, 5.74) is 1.97. The highest BCUT2D eigenvalue weighted by Crippen LogP contribution is 2.31. The van der Waals surface area contributed by atoms with E-state index in [1.165, 1.54) is 6.07 Å². The van der Waals surface area contributed by atoms with Gasteiger partial charge in [-0.2, -0.15) is 0 Å². The Balaban J connectivity index is 1.80. The molecule has 160 valence electrons. The van der Waals surface area contributed by atoms with E-state index in [-0.39, 0.29) is 23.2 Å². The minimum Gasteiger partial charge on any atom is -0.507 e. The van der Waals surface area contributed by atoms with Crippen LogP contribution in [0.25, 0.3) is 0 Å². The van der Waals surface area contributed by atoms with Crippen LogP contribution in [0.3, 0.4) is 0 Å². The number of hydrogen-bond donors (Lipinski definition) is 1. The lowest BCUT2D eigenvalue weighted by Crippen LogP contribution is -2.17. The number of fused-ring (bicyclic) bond motifs is 1. The number of aromatic hydroxyl groups is 1. The van der Waals surface area contributed by atoms with Crippen molar-refractivity contribution in [2.75, 3.05) is 0 Å². The maximum absolute atomic E-state index is 12.8. The number of Topliss-reactive ketones (excluding diaryl/α,β-unsaturated/α-hetero) is 1. The maximum atomic E-state index is 12.8. The second-order valence-electron chi connectivity index (χ2n) is 7.96. The first-order chi connectivity index (χ1) is 14.5. The molecule has 3 rings (SSSR count). The maximum Gasteiger partial charge on any atom is 0.342 e. The molecule has 0 saturated carbocycles. The van der Waals surface area contributed by atoms with Crippen molar-refractivity contribution in [3.05, 3.63) is 59.2 Å². The molecule has 0 radical (unpaired) electrons. The number of ketones is 1. The van der Waals surface area contributed by atoms with Gasteiger partial charge in [0.15, 0.2) is 0 Å². The fourth-order valence-corrected chi connectivity index (χ4v) is 3.74. The van der Waals surface area contributed by atoms with Crippen molar-refractivity contribution in [3.63, 3.8) is 0 Å². The number of ether oxygens (including phenoxy) is 2. The molecule has 30 heavy (non-hydrogen) atoms. The molecule has 0 amide bonds. The van der Waals surface area contributed by atoms with E-state index < -0.39 is 5.97 Å². The number of phenols is 1. The van der Waals surface area contributed by atoms with Crippen molar-refractivity contribution in [1.29, 1.82) is 0 Å². The summed E-state index contributed by atoms with van der Waals surface area (Å²) in [5, 5.41) is 10.6. The van der Waals surface area contributed by atoms with Gasteiger partial charge in [-0.05, 0) is 56.2 Å². The fraction of sp³-hybridized carbons (Fsp3) is 0.440. The number of aryl methyl sites for hydroxylation is 1. The van der Waals surface area contributed by atoms with Crippen molar-refractivity contribution in [1.82, 2.24) is 0 Å². The largest absolute Gasteiger partial charge is 0.507 e. The number of hydrogen-bond acceptors (Lipinski definition) is 5. The molecular formula is C25H30O5. The van der Waals surface area contributed by atoms with Gasteiger partial charge >= 0.3 is 5.97 Å². The van der Waals surface area contributed by atoms with Crippen molar-refractivity contribution in [3.8, 4) is 11.5 Å². The number of carbonyl (C=O) groups is 2. The van der Waals surface area contributed by atoms with E-state index in [0.717, 1.165) is 30.4 Å². The van der Waals surface area contributed by atoms with E-state index in [9.17, 15) is 14.7 Å². The van der Waals surface area contributed by atoms with Crippen molar-refractivity contribution < 1.29 is 24.2 Å². The molecule has 1 unspecified atom stereocenters. The van der Waals surface area contributed by atoms with Crippen LogP contribution in [-0.2, 0) is 22.6 Å². The van der Waals surface area contributed by atoms with Gasteiger partial charge in [0.05, 0.1) is 6.10 Å². The molecule has 0 fully saturated rings. The third kappa shape index (κ3) is 6.34. The molecular weight excluding hydrogens is 380 g/mol. The smallest absolute Gasteiger partial charge is 0.342 e. The van der Waals surface area contributed by atoms with E-state index in [1.807, 2.05) is 43.3 Å². The Kier molecular flexibility index (Phi) is 7.89. The van der Waals surface area contributed by atoms with E-state index in [0.29, 0.717) is 44.5 Å². The Morgan fingerprint density at radius 1 is 1.00 bits per heavy atom. The molecule has 1 heterocycles. The lowest BCUT2D eigenvalue weighted by atomic mass is 9.98. The molecule has 0 spiro atoms. The van der Waals surface area contributed by atoms with Crippen LogP contribution in [0.4, 0.5) is 0 Å². The van der Waals surface area contributed by atoms with Crippen LogP contribution in [-0.4, -0.2) is 23.0 Å². The Bertz CT molecular complexity index is 859. The zero-order chi connectivity index (χ0) is 21.3. The summed E-state index contributed by atoms with van der Waals surface area (Å²) in [5.74, 6) is 0.163. The van der Waals surface area contributed by atoms with Gasteiger partial charge in [0, 0.05) is 18.9 Å². The summed E-state index contributed by atoms with van der Waals surface area (Å²) in [6.07, 6.45) is 5.35. The Hall–Kier alpha value is -2.82. The molecule has 0 aromatic heterocycles. The number of carbonyl (C=O) groups excluding carboxylic acids is 2. The molecule has 2 aromatic carbocycles.